The van der Waals surface area contributed by atoms with Gasteiger partial charge in [0, 0.05) is 19.5 Å². The lowest BCUT2D eigenvalue weighted by atomic mass is 10.1. The molecule has 16 nitrogen and oxygen atoms in total. The number of rotatable bonds is 9. The zero-order valence-corrected chi connectivity index (χ0v) is 22.0. The third kappa shape index (κ3) is 6.04. The first-order chi connectivity index (χ1) is 17.3. The number of aliphatic hydroxyl groups is 2. The van der Waals surface area contributed by atoms with E-state index in [4.69, 9.17) is 16.3 Å². The van der Waals surface area contributed by atoms with Crippen LogP contribution in [0.3, 0.4) is 0 Å². The molecule has 0 spiro atoms. The monoisotopic (exact) mass is 583 g/mol. The van der Waals surface area contributed by atoms with Crippen LogP contribution < -0.4 is 10.6 Å². The molecule has 0 aromatic carbocycles. The maximum atomic E-state index is 12.9. The van der Waals surface area contributed by atoms with Crippen LogP contribution in [0.4, 0.5) is 5.82 Å². The van der Waals surface area contributed by atoms with Gasteiger partial charge in [0.2, 0.25) is 11.2 Å². The van der Waals surface area contributed by atoms with E-state index in [2.05, 4.69) is 30.9 Å². The lowest BCUT2D eigenvalue weighted by Crippen LogP contribution is -2.42. The van der Waals surface area contributed by atoms with Gasteiger partial charge in [0.1, 0.15) is 18.3 Å². The van der Waals surface area contributed by atoms with E-state index in [-0.39, 0.29) is 22.5 Å². The number of ether oxygens (including phenoxy) is 1. The molecule has 1 amide bonds. The van der Waals surface area contributed by atoms with Crippen molar-refractivity contribution in [1.82, 2.24) is 30.3 Å². The van der Waals surface area contributed by atoms with Crippen LogP contribution in [-0.2, 0) is 23.9 Å². The van der Waals surface area contributed by atoms with Gasteiger partial charge in [0.25, 0.3) is 0 Å². The van der Waals surface area contributed by atoms with Crippen molar-refractivity contribution >= 4 is 51.9 Å². The number of fused-ring (bicyclic) bond motifs is 1. The molecule has 5 atom stereocenters. The maximum Gasteiger partial charge on any atom is 0.345 e. The zero-order chi connectivity index (χ0) is 27.1. The summed E-state index contributed by atoms with van der Waals surface area (Å²) in [6.07, 6.45) is -2.53. The average molecular weight is 584 g/mol. The number of amides is 1. The Morgan fingerprint density at radius 1 is 1.24 bits per heavy atom. The Balaban J connectivity index is 1.58. The molecular formula is C18H27ClN7O9PS. The summed E-state index contributed by atoms with van der Waals surface area (Å²) in [5, 5.41) is 34.3. The second-order valence-corrected chi connectivity index (χ2v) is 13.7. The van der Waals surface area contributed by atoms with Crippen LogP contribution in [0, 0.1) is 0 Å². The van der Waals surface area contributed by atoms with E-state index >= 15 is 0 Å². The summed E-state index contributed by atoms with van der Waals surface area (Å²) in [5.41, 5.74) is 0.272. The minimum Gasteiger partial charge on any atom is -0.387 e. The van der Waals surface area contributed by atoms with Crippen LogP contribution in [0.1, 0.15) is 38.8 Å². The zero-order valence-electron chi connectivity index (χ0n) is 19.5. The van der Waals surface area contributed by atoms with Crippen LogP contribution in [0.25, 0.3) is 11.2 Å². The molecule has 2 aromatic rings. The summed E-state index contributed by atoms with van der Waals surface area (Å²) < 4.78 is 44.2. The molecule has 4 rings (SSSR count). The molecule has 2 fully saturated rings. The Bertz CT molecular complexity index is 1320. The minimum absolute atomic E-state index is 0.0546. The Morgan fingerprint density at radius 3 is 2.54 bits per heavy atom. The van der Waals surface area contributed by atoms with Gasteiger partial charge in [-0.25, -0.2) is 8.42 Å². The van der Waals surface area contributed by atoms with Crippen LogP contribution in [0.2, 0.25) is 5.28 Å². The molecule has 6 N–H and O–H groups in total. The number of aromatic nitrogens is 5. The quantitative estimate of drug-likeness (QED) is 0.152. The van der Waals surface area contributed by atoms with Gasteiger partial charge >= 0.3 is 7.60 Å². The fourth-order valence-electron chi connectivity index (χ4n) is 4.43. The van der Waals surface area contributed by atoms with E-state index in [1.54, 1.807) is 0 Å². The van der Waals surface area contributed by atoms with Crippen molar-refractivity contribution in [3.8, 4) is 0 Å². The standard InChI is InChI=1S/C18H27ClN7O9PS/c1-8(27)20-6-11(36(30,31)32)37(33,34)7-10-13(28)14(29)17(35-10)26-16-12(24-25-26)15(22-18(19)23-16)21-9-4-2-3-5-9/h9-11,13-14,17,28-29H,2-7H2,1H3,(H,20,27)(H,21,22,23)(H2,30,31,32)/t10-,11?,13-,14-,17-/m1/s1. The summed E-state index contributed by atoms with van der Waals surface area (Å²) in [7, 11) is -9.89. The number of hydrogen-bond acceptors (Lipinski definition) is 12. The first kappa shape index (κ1) is 28.0. The Morgan fingerprint density at radius 2 is 1.92 bits per heavy atom. The second-order valence-electron chi connectivity index (χ2n) is 9.03. The van der Waals surface area contributed by atoms with E-state index < -0.39 is 65.2 Å². The van der Waals surface area contributed by atoms with Crippen LogP contribution in [0.5, 0.6) is 0 Å². The van der Waals surface area contributed by atoms with Crippen molar-refractivity contribution in [3.63, 3.8) is 0 Å². The Kier molecular flexibility index (Phi) is 8.07. The molecule has 0 bridgehead atoms. The highest BCUT2D eigenvalue weighted by atomic mass is 35.5. The van der Waals surface area contributed by atoms with Gasteiger partial charge in [-0.2, -0.15) is 14.6 Å². The fourth-order valence-corrected chi connectivity index (χ4v) is 8.15. The van der Waals surface area contributed by atoms with Crippen molar-refractivity contribution < 1.29 is 42.5 Å². The van der Waals surface area contributed by atoms with Gasteiger partial charge in [-0.15, -0.1) is 5.10 Å². The number of aliphatic hydroxyl groups excluding tert-OH is 2. The topological polar surface area (TPSA) is 239 Å². The van der Waals surface area contributed by atoms with E-state index in [1.165, 1.54) is 0 Å². The molecule has 2 aromatic heterocycles. The molecule has 1 aliphatic carbocycles. The number of anilines is 1. The summed E-state index contributed by atoms with van der Waals surface area (Å²) in [6.45, 7) is 0.206. The minimum atomic E-state index is -5.23. The van der Waals surface area contributed by atoms with Gasteiger partial charge in [0.05, 0.1) is 5.75 Å². The number of carbonyl (C=O) groups excluding carboxylic acids is 1. The predicted octanol–water partition coefficient (Wildman–Crippen LogP) is -1.10. The van der Waals surface area contributed by atoms with Crippen molar-refractivity contribution in [2.75, 3.05) is 17.6 Å². The van der Waals surface area contributed by atoms with E-state index in [0.717, 1.165) is 37.3 Å². The van der Waals surface area contributed by atoms with Gasteiger partial charge in [0.15, 0.2) is 38.0 Å². The molecule has 1 saturated carbocycles. The molecule has 1 saturated heterocycles. The molecule has 2 aliphatic rings. The number of nitrogens with one attached hydrogen (secondary N) is 2. The van der Waals surface area contributed by atoms with E-state index in [0.29, 0.717) is 5.82 Å². The summed E-state index contributed by atoms with van der Waals surface area (Å²) >= 11 is 6.09. The molecule has 0 radical (unpaired) electrons. The molecule has 19 heteroatoms. The molecular weight excluding hydrogens is 557 g/mol. The van der Waals surface area contributed by atoms with Crippen molar-refractivity contribution in [3.05, 3.63) is 5.28 Å². The molecule has 37 heavy (non-hydrogen) atoms. The summed E-state index contributed by atoms with van der Waals surface area (Å²) in [5.74, 6) is -1.43. The molecule has 206 valence electrons. The fraction of sp³-hybridized carbons (Fsp3) is 0.722. The normalized spacial score (nSPS) is 26.0. The van der Waals surface area contributed by atoms with Crippen LogP contribution in [-0.4, -0.2) is 101 Å². The van der Waals surface area contributed by atoms with Gasteiger partial charge in [-0.05, 0) is 24.4 Å². The molecule has 3 heterocycles. The van der Waals surface area contributed by atoms with Crippen LogP contribution >= 0.6 is 19.2 Å². The summed E-state index contributed by atoms with van der Waals surface area (Å²) in [4.78, 5) is 36.3. The van der Waals surface area contributed by atoms with Gasteiger partial charge < -0.3 is 35.4 Å². The Labute approximate surface area is 215 Å². The average Bonchev–Trinajstić information content (AvgIpc) is 3.49. The number of hydrogen-bond donors (Lipinski definition) is 6. The Hall–Kier alpha value is -1.98. The van der Waals surface area contributed by atoms with Crippen LogP contribution in [0.15, 0.2) is 0 Å². The molecule has 1 unspecified atom stereocenters. The van der Waals surface area contributed by atoms with Crippen molar-refractivity contribution in [2.24, 2.45) is 0 Å². The van der Waals surface area contributed by atoms with Crippen molar-refractivity contribution in [1.29, 1.82) is 0 Å². The van der Waals surface area contributed by atoms with Gasteiger partial charge in [-0.3, -0.25) is 9.36 Å². The predicted molar refractivity (Wildman–Crippen MR) is 128 cm³/mol. The number of halogens is 1. The van der Waals surface area contributed by atoms with Crippen molar-refractivity contribution in [2.45, 2.75) is 68.2 Å². The highest BCUT2D eigenvalue weighted by Gasteiger charge is 2.50. The first-order valence-corrected chi connectivity index (χ1v) is 15.1. The molecule has 1 aliphatic heterocycles. The highest BCUT2D eigenvalue weighted by Crippen LogP contribution is 2.45. The van der Waals surface area contributed by atoms with E-state index in [1.807, 2.05) is 0 Å². The SMILES string of the molecule is CC(=O)NCC(P(=O)(O)O)S(=O)(=O)C[C@H]1O[C@@H](n2nnc3c(NC4CCCC4)nc(Cl)nc32)[C@H](O)[C@@H]1O. The lowest BCUT2D eigenvalue weighted by molar-refractivity contribution is -0.118. The third-order valence-electron chi connectivity index (χ3n) is 6.28. The largest absolute Gasteiger partial charge is 0.387 e. The van der Waals surface area contributed by atoms with Gasteiger partial charge in [-0.1, -0.05) is 18.1 Å². The number of sulfone groups is 1. The van der Waals surface area contributed by atoms with E-state index in [9.17, 15) is 37.8 Å². The first-order valence-electron chi connectivity index (χ1n) is 11.4. The summed E-state index contributed by atoms with van der Waals surface area (Å²) in [6, 6.07) is 0.156. The third-order valence-corrected chi connectivity index (χ3v) is 11.0. The maximum absolute atomic E-state index is 12.9. The smallest absolute Gasteiger partial charge is 0.345 e. The highest BCUT2D eigenvalue weighted by molar-refractivity contribution is 7.98. The lowest BCUT2D eigenvalue weighted by Gasteiger charge is -2.22. The number of nitrogens with zero attached hydrogens (tertiary/aromatic N) is 5. The second kappa shape index (κ2) is 10.6. The number of carbonyl (C=O) groups is 1.